The van der Waals surface area contributed by atoms with E-state index in [1.807, 2.05) is 5.38 Å². The molecule has 3 nitrogen and oxygen atoms in total. The summed E-state index contributed by atoms with van der Waals surface area (Å²) in [5, 5.41) is 6.08. The highest BCUT2D eigenvalue weighted by Crippen LogP contribution is 2.32. The first-order chi connectivity index (χ1) is 5.77. The molecule has 0 bridgehead atoms. The maximum Gasteiger partial charge on any atom is 0.199 e. The quantitative estimate of drug-likeness (QED) is 0.770. The van der Waals surface area contributed by atoms with Crippen molar-refractivity contribution in [3.05, 3.63) is 22.7 Å². The lowest BCUT2D eigenvalue weighted by molar-refractivity contribution is 0.433. The summed E-state index contributed by atoms with van der Waals surface area (Å²) in [5.74, 6) is 0.590. The molecule has 0 unspecified atom stereocenters. The Hall–Kier alpha value is -1.000. The Bertz CT molecular complexity index is 396. The zero-order valence-corrected chi connectivity index (χ0v) is 7.52. The van der Waals surface area contributed by atoms with Crippen LogP contribution in [0.4, 0.5) is 5.69 Å². The molecule has 0 aliphatic rings. The second-order valence-electron chi connectivity index (χ2n) is 2.24. The predicted octanol–water partition coefficient (Wildman–Crippen LogP) is 2.64. The van der Waals surface area contributed by atoms with Gasteiger partial charge >= 0.3 is 0 Å². The molecule has 0 aliphatic heterocycles. The third-order valence-corrected chi connectivity index (χ3v) is 2.67. The van der Waals surface area contributed by atoms with E-state index in [1.165, 1.54) is 17.5 Å². The standard InChI is InChI=1S/C7H5ClN2OS/c8-4-1-6(12-3-4)7-5(9)2-10-11-7/h1-3H,9H2. The van der Waals surface area contributed by atoms with Crippen molar-refractivity contribution in [2.24, 2.45) is 0 Å². The molecule has 12 heavy (non-hydrogen) atoms. The molecule has 62 valence electrons. The molecule has 0 aliphatic carbocycles. The van der Waals surface area contributed by atoms with Crippen LogP contribution in [0.3, 0.4) is 0 Å². The summed E-state index contributed by atoms with van der Waals surface area (Å²) >= 11 is 7.21. The second-order valence-corrected chi connectivity index (χ2v) is 3.59. The minimum absolute atomic E-state index is 0.536. The van der Waals surface area contributed by atoms with Crippen LogP contribution in [0.15, 0.2) is 22.2 Å². The van der Waals surface area contributed by atoms with Crippen LogP contribution in [0.1, 0.15) is 0 Å². The van der Waals surface area contributed by atoms with Crippen molar-refractivity contribution in [1.29, 1.82) is 0 Å². The Balaban J connectivity index is 2.50. The van der Waals surface area contributed by atoms with Crippen molar-refractivity contribution in [3.8, 4) is 10.6 Å². The van der Waals surface area contributed by atoms with Gasteiger partial charge in [-0.3, -0.25) is 0 Å². The molecule has 2 aromatic rings. The summed E-state index contributed by atoms with van der Waals surface area (Å²) in [7, 11) is 0. The highest BCUT2D eigenvalue weighted by atomic mass is 35.5. The van der Waals surface area contributed by atoms with Gasteiger partial charge in [0.1, 0.15) is 5.69 Å². The summed E-state index contributed by atoms with van der Waals surface area (Å²) in [6.45, 7) is 0. The van der Waals surface area contributed by atoms with Gasteiger partial charge in [-0.1, -0.05) is 16.8 Å². The number of halogens is 1. The molecular weight excluding hydrogens is 196 g/mol. The van der Waals surface area contributed by atoms with Crippen molar-refractivity contribution < 1.29 is 4.52 Å². The van der Waals surface area contributed by atoms with Crippen LogP contribution in [-0.4, -0.2) is 5.16 Å². The van der Waals surface area contributed by atoms with Gasteiger partial charge in [-0.2, -0.15) is 0 Å². The van der Waals surface area contributed by atoms with Crippen LogP contribution in [-0.2, 0) is 0 Å². The maximum atomic E-state index is 5.74. The van der Waals surface area contributed by atoms with E-state index in [0.29, 0.717) is 16.5 Å². The van der Waals surface area contributed by atoms with Crippen molar-refractivity contribution in [1.82, 2.24) is 5.16 Å². The molecule has 0 aromatic carbocycles. The van der Waals surface area contributed by atoms with E-state index in [2.05, 4.69) is 5.16 Å². The fourth-order valence-electron chi connectivity index (χ4n) is 0.867. The SMILES string of the molecule is Nc1cnoc1-c1cc(Cl)cs1. The third kappa shape index (κ3) is 1.19. The molecule has 0 saturated heterocycles. The van der Waals surface area contributed by atoms with Gasteiger partial charge in [0.25, 0.3) is 0 Å². The predicted molar refractivity (Wildman–Crippen MR) is 49.2 cm³/mol. The van der Waals surface area contributed by atoms with E-state index in [1.54, 1.807) is 6.07 Å². The third-order valence-electron chi connectivity index (χ3n) is 1.39. The first-order valence-electron chi connectivity index (χ1n) is 3.22. The van der Waals surface area contributed by atoms with Crippen molar-refractivity contribution in [2.75, 3.05) is 5.73 Å². The number of aromatic nitrogens is 1. The summed E-state index contributed by atoms with van der Waals surface area (Å²) in [5.41, 5.74) is 6.12. The van der Waals surface area contributed by atoms with Crippen LogP contribution in [0.5, 0.6) is 0 Å². The van der Waals surface area contributed by atoms with Gasteiger partial charge in [0, 0.05) is 5.38 Å². The number of hydrogen-bond acceptors (Lipinski definition) is 4. The molecule has 0 spiro atoms. The number of nitrogen functional groups attached to an aromatic ring is 1. The van der Waals surface area contributed by atoms with Gasteiger partial charge in [0.2, 0.25) is 0 Å². The lowest BCUT2D eigenvalue weighted by Crippen LogP contribution is -1.81. The lowest BCUT2D eigenvalue weighted by Gasteiger charge is -1.88. The molecule has 0 radical (unpaired) electrons. The highest BCUT2D eigenvalue weighted by molar-refractivity contribution is 7.14. The number of rotatable bonds is 1. The van der Waals surface area contributed by atoms with Gasteiger partial charge in [0.15, 0.2) is 5.76 Å². The topological polar surface area (TPSA) is 52.0 Å². The van der Waals surface area contributed by atoms with Crippen molar-refractivity contribution in [3.63, 3.8) is 0 Å². The van der Waals surface area contributed by atoms with Crippen LogP contribution in [0.25, 0.3) is 10.6 Å². The molecule has 5 heteroatoms. The zero-order valence-electron chi connectivity index (χ0n) is 5.95. The van der Waals surface area contributed by atoms with Gasteiger partial charge in [0.05, 0.1) is 16.1 Å². The largest absolute Gasteiger partial charge is 0.394 e. The van der Waals surface area contributed by atoms with Gasteiger partial charge in [-0.15, -0.1) is 11.3 Å². The molecule has 0 atom stereocenters. The van der Waals surface area contributed by atoms with Gasteiger partial charge < -0.3 is 10.3 Å². The fourth-order valence-corrected chi connectivity index (χ4v) is 1.94. The summed E-state index contributed by atoms with van der Waals surface area (Å²) in [6, 6.07) is 1.79. The minimum Gasteiger partial charge on any atom is -0.394 e. The van der Waals surface area contributed by atoms with Crippen molar-refractivity contribution in [2.45, 2.75) is 0 Å². The maximum absolute atomic E-state index is 5.74. The molecule has 0 amide bonds. The van der Waals surface area contributed by atoms with Crippen molar-refractivity contribution >= 4 is 28.6 Å². The van der Waals surface area contributed by atoms with E-state index in [0.717, 1.165) is 4.88 Å². The van der Waals surface area contributed by atoms with E-state index in [-0.39, 0.29) is 0 Å². The van der Waals surface area contributed by atoms with E-state index in [4.69, 9.17) is 21.9 Å². The second kappa shape index (κ2) is 2.80. The molecule has 0 saturated carbocycles. The van der Waals surface area contributed by atoms with Crippen LogP contribution >= 0.6 is 22.9 Å². The monoisotopic (exact) mass is 200 g/mol. The number of nitrogens with two attached hydrogens (primary N) is 1. The summed E-state index contributed by atoms with van der Waals surface area (Å²) in [4.78, 5) is 0.898. The number of nitrogens with zero attached hydrogens (tertiary/aromatic N) is 1. The lowest BCUT2D eigenvalue weighted by atomic mass is 10.3. The average Bonchev–Trinajstić information content (AvgIpc) is 2.58. The normalized spacial score (nSPS) is 10.4. The molecule has 2 rings (SSSR count). The Morgan fingerprint density at radius 3 is 2.92 bits per heavy atom. The van der Waals surface area contributed by atoms with Crippen LogP contribution in [0, 0.1) is 0 Å². The molecule has 2 heterocycles. The minimum atomic E-state index is 0.536. The van der Waals surface area contributed by atoms with Gasteiger partial charge in [-0.25, -0.2) is 0 Å². The number of hydrogen-bond donors (Lipinski definition) is 1. The molecule has 0 fully saturated rings. The summed E-state index contributed by atoms with van der Waals surface area (Å²) in [6.07, 6.45) is 1.48. The number of thiophene rings is 1. The first kappa shape index (κ1) is 7.64. The Kier molecular flexibility index (Phi) is 1.78. The first-order valence-corrected chi connectivity index (χ1v) is 4.47. The summed E-state index contributed by atoms with van der Waals surface area (Å²) < 4.78 is 4.94. The smallest absolute Gasteiger partial charge is 0.199 e. The van der Waals surface area contributed by atoms with E-state index < -0.39 is 0 Å². The Labute approximate surface area is 77.7 Å². The average molecular weight is 201 g/mol. The Morgan fingerprint density at radius 2 is 2.42 bits per heavy atom. The molecule has 2 N–H and O–H groups in total. The number of anilines is 1. The molecular formula is C7H5ClN2OS. The Morgan fingerprint density at radius 1 is 1.58 bits per heavy atom. The van der Waals surface area contributed by atoms with Crippen LogP contribution < -0.4 is 5.73 Å². The molecule has 2 aromatic heterocycles. The van der Waals surface area contributed by atoms with E-state index >= 15 is 0 Å². The van der Waals surface area contributed by atoms with Gasteiger partial charge in [-0.05, 0) is 6.07 Å². The fraction of sp³-hybridized carbons (Fsp3) is 0. The van der Waals surface area contributed by atoms with Crippen LogP contribution in [0.2, 0.25) is 5.02 Å². The highest BCUT2D eigenvalue weighted by Gasteiger charge is 2.09. The zero-order chi connectivity index (χ0) is 8.55. The van der Waals surface area contributed by atoms with E-state index in [9.17, 15) is 0 Å².